The van der Waals surface area contributed by atoms with Crippen molar-refractivity contribution in [2.75, 3.05) is 0 Å². The quantitative estimate of drug-likeness (QED) is 0.854. The van der Waals surface area contributed by atoms with Crippen molar-refractivity contribution in [2.45, 2.75) is 0 Å². The molecule has 1 aliphatic rings. The van der Waals surface area contributed by atoms with Gasteiger partial charge in [-0.3, -0.25) is 4.79 Å². The number of hydrogen-bond donors (Lipinski definition) is 2. The summed E-state index contributed by atoms with van der Waals surface area (Å²) in [5, 5.41) is 0.548. The van der Waals surface area contributed by atoms with Gasteiger partial charge in [-0.15, -0.1) is 0 Å². The maximum absolute atomic E-state index is 10.8. The predicted molar refractivity (Wildman–Crippen MR) is 84.4 cm³/mol. The van der Waals surface area contributed by atoms with Crippen molar-refractivity contribution in [1.82, 2.24) is 4.98 Å². The number of allylic oxidation sites excluding steroid dienone is 1. The molecule has 2 heterocycles. The Labute approximate surface area is 126 Å². The first kappa shape index (κ1) is 13.4. The lowest BCUT2D eigenvalue weighted by Crippen LogP contribution is -2.03. The molecule has 4 nitrogen and oxygen atoms in total. The number of benzene rings is 1. The minimum atomic E-state index is 0.463. The zero-order valence-electron chi connectivity index (χ0n) is 11.0. The van der Waals surface area contributed by atoms with Crippen LogP contribution in [0.2, 0.25) is 5.15 Å². The molecule has 0 saturated carbocycles. The van der Waals surface area contributed by atoms with E-state index in [1.165, 1.54) is 0 Å². The Morgan fingerprint density at radius 3 is 2.43 bits per heavy atom. The maximum Gasteiger partial charge on any atom is 0.150 e. The summed E-state index contributed by atoms with van der Waals surface area (Å²) >= 11 is 5.97. The Morgan fingerprint density at radius 1 is 1.14 bits per heavy atom. The van der Waals surface area contributed by atoms with Crippen molar-refractivity contribution in [3.05, 3.63) is 76.2 Å². The second-order valence-electron chi connectivity index (χ2n) is 4.59. The van der Waals surface area contributed by atoms with Crippen LogP contribution in [0, 0.1) is 0 Å². The zero-order chi connectivity index (χ0) is 14.8. The third-order valence-electron chi connectivity index (χ3n) is 3.17. The summed E-state index contributed by atoms with van der Waals surface area (Å²) in [5.41, 5.74) is 9.75. The number of carbonyl (C=O) groups excluding carboxylic acids is 1. The Bertz CT molecular complexity index is 782. The van der Waals surface area contributed by atoms with Gasteiger partial charge in [-0.1, -0.05) is 35.9 Å². The van der Waals surface area contributed by atoms with Gasteiger partial charge in [-0.05, 0) is 29.8 Å². The molecule has 0 bridgehead atoms. The third kappa shape index (κ3) is 2.66. The zero-order valence-corrected chi connectivity index (χ0v) is 11.8. The highest BCUT2D eigenvalue weighted by Gasteiger charge is 2.14. The Morgan fingerprint density at radius 2 is 1.90 bits per heavy atom. The summed E-state index contributed by atoms with van der Waals surface area (Å²) in [6.07, 6.45) is 4.42. The standard InChI is InChI=1S/C16H12ClN3O/c17-14-7-5-12(19-14)16(13-6-8-15(18)20-13)11-3-1-10(9-21)2-4-11/h1-9,19H,(H2,18,20). The molecular formula is C16H12ClN3O. The summed E-state index contributed by atoms with van der Waals surface area (Å²) in [6.45, 7) is 0. The average Bonchev–Trinajstić information content (AvgIpc) is 3.10. The van der Waals surface area contributed by atoms with Crippen molar-refractivity contribution in [1.29, 1.82) is 0 Å². The van der Waals surface area contributed by atoms with Crippen LogP contribution in [0.1, 0.15) is 21.6 Å². The maximum atomic E-state index is 10.8. The Hall–Kier alpha value is -2.59. The molecule has 0 radical (unpaired) electrons. The molecule has 0 spiro atoms. The summed E-state index contributed by atoms with van der Waals surface area (Å²) in [4.78, 5) is 18.2. The number of nitrogens with one attached hydrogen (secondary N) is 1. The lowest BCUT2D eigenvalue weighted by molar-refractivity contribution is 0.112. The van der Waals surface area contributed by atoms with Crippen LogP contribution in [0.4, 0.5) is 0 Å². The van der Waals surface area contributed by atoms with E-state index in [1.54, 1.807) is 24.3 Å². The van der Waals surface area contributed by atoms with Gasteiger partial charge in [-0.25, -0.2) is 4.99 Å². The van der Waals surface area contributed by atoms with Gasteiger partial charge in [0.1, 0.15) is 17.3 Å². The molecule has 21 heavy (non-hydrogen) atoms. The smallest absolute Gasteiger partial charge is 0.150 e. The lowest BCUT2D eigenvalue weighted by Gasteiger charge is -2.08. The van der Waals surface area contributed by atoms with Crippen LogP contribution >= 0.6 is 11.6 Å². The van der Waals surface area contributed by atoms with E-state index in [0.717, 1.165) is 28.8 Å². The van der Waals surface area contributed by atoms with Crippen molar-refractivity contribution in [3.8, 4) is 0 Å². The van der Waals surface area contributed by atoms with E-state index in [0.29, 0.717) is 16.6 Å². The molecule has 2 aromatic rings. The summed E-state index contributed by atoms with van der Waals surface area (Å²) in [7, 11) is 0. The van der Waals surface area contributed by atoms with Crippen molar-refractivity contribution < 1.29 is 4.79 Å². The monoisotopic (exact) mass is 297 g/mol. The van der Waals surface area contributed by atoms with Gasteiger partial charge in [-0.2, -0.15) is 0 Å². The second-order valence-corrected chi connectivity index (χ2v) is 5.00. The van der Waals surface area contributed by atoms with Crippen LogP contribution in [0.5, 0.6) is 0 Å². The Balaban J connectivity index is 2.17. The van der Waals surface area contributed by atoms with E-state index in [2.05, 4.69) is 9.98 Å². The first-order chi connectivity index (χ1) is 10.2. The normalized spacial score (nSPS) is 16.0. The van der Waals surface area contributed by atoms with Crippen LogP contribution in [0.3, 0.4) is 0 Å². The molecule has 3 N–H and O–H groups in total. The molecule has 0 saturated heterocycles. The Kier molecular flexibility index (Phi) is 3.46. The van der Waals surface area contributed by atoms with Crippen LogP contribution in [0.15, 0.2) is 59.2 Å². The van der Waals surface area contributed by atoms with Crippen molar-refractivity contribution in [3.63, 3.8) is 0 Å². The summed E-state index contributed by atoms with van der Waals surface area (Å²) in [6, 6.07) is 10.9. The van der Waals surface area contributed by atoms with Gasteiger partial charge in [0.2, 0.25) is 0 Å². The number of halogens is 1. The number of H-pyrrole nitrogens is 1. The van der Waals surface area contributed by atoms with Crippen LogP contribution in [-0.4, -0.2) is 17.1 Å². The van der Waals surface area contributed by atoms with Gasteiger partial charge in [0, 0.05) is 16.8 Å². The van der Waals surface area contributed by atoms with E-state index in [9.17, 15) is 4.79 Å². The average molecular weight is 298 g/mol. The van der Waals surface area contributed by atoms with Gasteiger partial charge in [0.25, 0.3) is 0 Å². The predicted octanol–water partition coefficient (Wildman–Crippen LogP) is 3.17. The molecule has 1 aromatic carbocycles. The summed E-state index contributed by atoms with van der Waals surface area (Å²) < 4.78 is 0. The number of carbonyl (C=O) groups is 1. The number of nitrogens with zero attached hydrogens (tertiary/aromatic N) is 1. The molecule has 0 aliphatic carbocycles. The topological polar surface area (TPSA) is 71.2 Å². The minimum absolute atomic E-state index is 0.463. The van der Waals surface area contributed by atoms with Gasteiger partial charge in [0.15, 0.2) is 0 Å². The third-order valence-corrected chi connectivity index (χ3v) is 3.39. The van der Waals surface area contributed by atoms with Crippen LogP contribution in [0.25, 0.3) is 5.57 Å². The fraction of sp³-hybridized carbons (Fsp3) is 0. The number of amidine groups is 1. The number of hydrogen-bond acceptors (Lipinski definition) is 3. The molecule has 0 atom stereocenters. The van der Waals surface area contributed by atoms with E-state index in [1.807, 2.05) is 24.3 Å². The molecular weight excluding hydrogens is 286 g/mol. The summed E-state index contributed by atoms with van der Waals surface area (Å²) in [5.74, 6) is 0.463. The molecule has 0 unspecified atom stereocenters. The molecule has 5 heteroatoms. The highest BCUT2D eigenvalue weighted by Crippen LogP contribution is 2.30. The molecule has 0 amide bonds. The molecule has 1 aromatic heterocycles. The number of aliphatic imine (C=N–C) groups is 1. The fourth-order valence-electron chi connectivity index (χ4n) is 2.20. The van der Waals surface area contributed by atoms with Crippen LogP contribution in [-0.2, 0) is 0 Å². The van der Waals surface area contributed by atoms with Gasteiger partial charge in [0.05, 0.1) is 5.70 Å². The number of rotatable bonds is 3. The second kappa shape index (κ2) is 5.42. The fourth-order valence-corrected chi connectivity index (χ4v) is 2.37. The number of aromatic amines is 1. The SMILES string of the molecule is NC1=NC(=C(c2ccc(C=O)cc2)c2ccc(Cl)[nH]2)C=C1. The van der Waals surface area contributed by atoms with E-state index >= 15 is 0 Å². The molecule has 3 rings (SSSR count). The lowest BCUT2D eigenvalue weighted by atomic mass is 9.99. The van der Waals surface area contributed by atoms with Crippen molar-refractivity contribution >= 4 is 29.3 Å². The van der Waals surface area contributed by atoms with E-state index in [4.69, 9.17) is 17.3 Å². The molecule has 1 aliphatic heterocycles. The van der Waals surface area contributed by atoms with Crippen molar-refractivity contribution in [2.24, 2.45) is 10.7 Å². The minimum Gasteiger partial charge on any atom is -0.384 e. The first-order valence-corrected chi connectivity index (χ1v) is 6.72. The van der Waals surface area contributed by atoms with Gasteiger partial charge >= 0.3 is 0 Å². The highest BCUT2D eigenvalue weighted by atomic mass is 35.5. The van der Waals surface area contributed by atoms with Crippen LogP contribution < -0.4 is 5.73 Å². The van der Waals surface area contributed by atoms with E-state index in [-0.39, 0.29) is 0 Å². The first-order valence-electron chi connectivity index (χ1n) is 6.34. The van der Waals surface area contributed by atoms with Gasteiger partial charge < -0.3 is 10.7 Å². The molecule has 0 fully saturated rings. The number of aromatic nitrogens is 1. The van der Waals surface area contributed by atoms with E-state index < -0.39 is 0 Å². The number of nitrogens with two attached hydrogens (primary N) is 1. The number of aldehydes is 1. The largest absolute Gasteiger partial charge is 0.384 e. The molecule has 104 valence electrons. The highest BCUT2D eigenvalue weighted by molar-refractivity contribution is 6.29.